The summed E-state index contributed by atoms with van der Waals surface area (Å²) >= 11 is 0. The number of anilines is 1. The van der Waals surface area contributed by atoms with Gasteiger partial charge in [0.1, 0.15) is 5.54 Å². The Balaban J connectivity index is 2.72. The lowest BCUT2D eigenvalue weighted by Gasteiger charge is -2.22. The summed E-state index contributed by atoms with van der Waals surface area (Å²) in [6.45, 7) is 7.66. The minimum absolute atomic E-state index is 0.629. The SMILES string of the molecule is CC(C)Cc1ccc(NC(C)(C)C(=O)O)cc1. The van der Waals surface area contributed by atoms with Gasteiger partial charge in [-0.05, 0) is 43.9 Å². The van der Waals surface area contributed by atoms with Gasteiger partial charge in [-0.1, -0.05) is 26.0 Å². The molecule has 0 aliphatic rings. The summed E-state index contributed by atoms with van der Waals surface area (Å²) in [6.07, 6.45) is 1.04. The third kappa shape index (κ3) is 4.10. The van der Waals surface area contributed by atoms with Gasteiger partial charge in [-0.25, -0.2) is 4.79 Å². The van der Waals surface area contributed by atoms with Crippen molar-refractivity contribution in [3.63, 3.8) is 0 Å². The lowest BCUT2D eigenvalue weighted by Crippen LogP contribution is -2.39. The van der Waals surface area contributed by atoms with Crippen LogP contribution in [0.4, 0.5) is 5.69 Å². The molecule has 0 unspecified atom stereocenters. The maximum atomic E-state index is 11.0. The summed E-state index contributed by atoms with van der Waals surface area (Å²) in [5.74, 6) is -0.229. The lowest BCUT2D eigenvalue weighted by molar-refractivity contribution is -0.141. The molecule has 0 saturated heterocycles. The zero-order valence-electron chi connectivity index (χ0n) is 10.9. The lowest BCUT2D eigenvalue weighted by atomic mass is 10.0. The van der Waals surface area contributed by atoms with Crippen LogP contribution in [-0.2, 0) is 11.2 Å². The van der Waals surface area contributed by atoms with E-state index in [9.17, 15) is 4.79 Å². The molecule has 0 heterocycles. The van der Waals surface area contributed by atoms with E-state index >= 15 is 0 Å². The number of carbonyl (C=O) groups is 1. The smallest absolute Gasteiger partial charge is 0.328 e. The van der Waals surface area contributed by atoms with Crippen LogP contribution in [0, 0.1) is 5.92 Å². The van der Waals surface area contributed by atoms with E-state index in [-0.39, 0.29) is 0 Å². The molecule has 94 valence electrons. The molecule has 0 aliphatic heterocycles. The molecule has 17 heavy (non-hydrogen) atoms. The molecule has 0 saturated carbocycles. The van der Waals surface area contributed by atoms with Crippen molar-refractivity contribution in [2.24, 2.45) is 5.92 Å². The van der Waals surface area contributed by atoms with Gasteiger partial charge in [0.2, 0.25) is 0 Å². The predicted octanol–water partition coefficient (Wildman–Crippen LogP) is 3.16. The molecular formula is C14H21NO2. The molecule has 3 nitrogen and oxygen atoms in total. The normalized spacial score (nSPS) is 11.6. The maximum Gasteiger partial charge on any atom is 0.328 e. The second-order valence-corrected chi connectivity index (χ2v) is 5.35. The van der Waals surface area contributed by atoms with Crippen LogP contribution < -0.4 is 5.32 Å². The fourth-order valence-electron chi connectivity index (χ4n) is 1.61. The summed E-state index contributed by atoms with van der Waals surface area (Å²) in [5.41, 5.74) is 1.17. The van der Waals surface area contributed by atoms with Gasteiger partial charge < -0.3 is 10.4 Å². The van der Waals surface area contributed by atoms with Crippen LogP contribution in [0.2, 0.25) is 0 Å². The van der Waals surface area contributed by atoms with Crippen molar-refractivity contribution < 1.29 is 9.90 Å². The highest BCUT2D eigenvalue weighted by Gasteiger charge is 2.26. The molecule has 0 aliphatic carbocycles. The van der Waals surface area contributed by atoms with Gasteiger partial charge in [-0.15, -0.1) is 0 Å². The van der Waals surface area contributed by atoms with E-state index < -0.39 is 11.5 Å². The zero-order valence-corrected chi connectivity index (χ0v) is 10.9. The summed E-state index contributed by atoms with van der Waals surface area (Å²) in [4.78, 5) is 11.0. The second kappa shape index (κ2) is 5.21. The summed E-state index contributed by atoms with van der Waals surface area (Å²) < 4.78 is 0. The fourth-order valence-corrected chi connectivity index (χ4v) is 1.61. The van der Waals surface area contributed by atoms with E-state index in [0.717, 1.165) is 12.1 Å². The molecule has 1 aromatic rings. The topological polar surface area (TPSA) is 49.3 Å². The van der Waals surface area contributed by atoms with Crippen molar-refractivity contribution in [2.45, 2.75) is 39.7 Å². The zero-order chi connectivity index (χ0) is 13.1. The van der Waals surface area contributed by atoms with Crippen molar-refractivity contribution >= 4 is 11.7 Å². The Labute approximate surface area is 103 Å². The molecule has 1 rings (SSSR count). The molecule has 0 spiro atoms. The number of carboxylic acids is 1. The van der Waals surface area contributed by atoms with Crippen LogP contribution in [0.25, 0.3) is 0 Å². The number of hydrogen-bond donors (Lipinski definition) is 2. The minimum Gasteiger partial charge on any atom is -0.480 e. The van der Waals surface area contributed by atoms with E-state index in [2.05, 4.69) is 19.2 Å². The molecule has 1 aromatic carbocycles. The standard InChI is InChI=1S/C14H21NO2/c1-10(2)9-11-5-7-12(8-6-11)15-14(3,4)13(16)17/h5-8,10,15H,9H2,1-4H3,(H,16,17). The van der Waals surface area contributed by atoms with E-state index in [1.165, 1.54) is 5.56 Å². The van der Waals surface area contributed by atoms with Crippen molar-refractivity contribution in [3.8, 4) is 0 Å². The second-order valence-electron chi connectivity index (χ2n) is 5.35. The Bertz CT molecular complexity index is 380. The Kier molecular flexibility index (Phi) is 4.16. The van der Waals surface area contributed by atoms with Crippen LogP contribution in [-0.4, -0.2) is 16.6 Å². The van der Waals surface area contributed by atoms with E-state index in [1.54, 1.807) is 13.8 Å². The monoisotopic (exact) mass is 235 g/mol. The highest BCUT2D eigenvalue weighted by Crippen LogP contribution is 2.17. The molecule has 0 bridgehead atoms. The predicted molar refractivity (Wildman–Crippen MR) is 70.3 cm³/mol. The van der Waals surface area contributed by atoms with Crippen molar-refractivity contribution in [3.05, 3.63) is 29.8 Å². The molecule has 0 radical (unpaired) electrons. The van der Waals surface area contributed by atoms with Crippen LogP contribution >= 0.6 is 0 Å². The first-order valence-corrected chi connectivity index (χ1v) is 5.92. The van der Waals surface area contributed by atoms with Crippen LogP contribution in [0.5, 0.6) is 0 Å². The van der Waals surface area contributed by atoms with E-state index in [4.69, 9.17) is 5.11 Å². The number of hydrogen-bond acceptors (Lipinski definition) is 2. The highest BCUT2D eigenvalue weighted by atomic mass is 16.4. The number of nitrogens with one attached hydrogen (secondary N) is 1. The first-order chi connectivity index (χ1) is 7.81. The van der Waals surface area contributed by atoms with Gasteiger partial charge in [0.05, 0.1) is 0 Å². The van der Waals surface area contributed by atoms with Crippen LogP contribution in [0.15, 0.2) is 24.3 Å². The van der Waals surface area contributed by atoms with Gasteiger partial charge >= 0.3 is 5.97 Å². The first kappa shape index (κ1) is 13.6. The number of benzene rings is 1. The largest absolute Gasteiger partial charge is 0.480 e. The molecule has 0 atom stereocenters. The average Bonchev–Trinajstić information content (AvgIpc) is 2.19. The van der Waals surface area contributed by atoms with Crippen molar-refractivity contribution in [2.75, 3.05) is 5.32 Å². The summed E-state index contributed by atoms with van der Waals surface area (Å²) in [6, 6.07) is 7.95. The van der Waals surface area contributed by atoms with Crippen LogP contribution in [0.3, 0.4) is 0 Å². The first-order valence-electron chi connectivity index (χ1n) is 5.92. The van der Waals surface area contributed by atoms with Gasteiger partial charge in [0.25, 0.3) is 0 Å². The van der Waals surface area contributed by atoms with Gasteiger partial charge in [-0.2, -0.15) is 0 Å². The van der Waals surface area contributed by atoms with E-state index in [0.29, 0.717) is 5.92 Å². The van der Waals surface area contributed by atoms with Crippen molar-refractivity contribution in [1.82, 2.24) is 0 Å². The molecular weight excluding hydrogens is 214 g/mol. The average molecular weight is 235 g/mol. The third-order valence-corrected chi connectivity index (χ3v) is 2.59. The number of carboxylic acid groups (broad SMARTS) is 1. The Hall–Kier alpha value is -1.51. The van der Waals surface area contributed by atoms with E-state index in [1.807, 2.05) is 24.3 Å². The molecule has 3 heteroatoms. The molecule has 0 fully saturated rings. The third-order valence-electron chi connectivity index (χ3n) is 2.59. The molecule has 0 aromatic heterocycles. The number of aliphatic carboxylic acids is 1. The maximum absolute atomic E-state index is 11.0. The molecule has 2 N–H and O–H groups in total. The number of rotatable bonds is 5. The Morgan fingerprint density at radius 2 is 1.82 bits per heavy atom. The summed E-state index contributed by atoms with van der Waals surface area (Å²) in [7, 11) is 0. The van der Waals surface area contributed by atoms with Crippen LogP contribution in [0.1, 0.15) is 33.3 Å². The molecule has 0 amide bonds. The van der Waals surface area contributed by atoms with Gasteiger partial charge in [0.15, 0.2) is 0 Å². The quantitative estimate of drug-likeness (QED) is 0.824. The van der Waals surface area contributed by atoms with Gasteiger partial charge in [-0.3, -0.25) is 0 Å². The minimum atomic E-state index is -0.945. The Morgan fingerprint density at radius 3 is 2.24 bits per heavy atom. The highest BCUT2D eigenvalue weighted by molar-refractivity contribution is 5.81. The van der Waals surface area contributed by atoms with Crippen molar-refractivity contribution in [1.29, 1.82) is 0 Å². The summed E-state index contributed by atoms with van der Waals surface area (Å²) in [5, 5.41) is 12.0. The fraction of sp³-hybridized carbons (Fsp3) is 0.500. The Morgan fingerprint density at radius 1 is 1.29 bits per heavy atom. The van der Waals surface area contributed by atoms with Gasteiger partial charge in [0, 0.05) is 5.69 Å².